The number of para-hydroxylation sites is 1. The van der Waals surface area contributed by atoms with Crippen molar-refractivity contribution in [3.05, 3.63) is 96.6 Å². The molecule has 0 bridgehead atoms. The maximum atomic E-state index is 13.8. The summed E-state index contributed by atoms with van der Waals surface area (Å²) in [6.07, 6.45) is 1.16. The van der Waals surface area contributed by atoms with Gasteiger partial charge >= 0.3 is 0 Å². The number of anilines is 1. The normalized spacial score (nSPS) is 11.9. The molecule has 1 atom stereocenters. The molecule has 0 saturated heterocycles. The Morgan fingerprint density at radius 2 is 1.39 bits per heavy atom. The quantitative estimate of drug-likeness (QED) is 0.398. The van der Waals surface area contributed by atoms with Crippen LogP contribution in [0.15, 0.2) is 95.9 Å². The van der Waals surface area contributed by atoms with Gasteiger partial charge in [-0.05, 0) is 42.7 Å². The Morgan fingerprint density at radius 1 is 0.833 bits per heavy atom. The van der Waals surface area contributed by atoms with Crippen LogP contribution in [0.25, 0.3) is 0 Å². The lowest BCUT2D eigenvalue weighted by Crippen LogP contribution is -2.52. The average molecular weight is 508 g/mol. The van der Waals surface area contributed by atoms with Crippen LogP contribution < -0.4 is 9.62 Å². The van der Waals surface area contributed by atoms with Gasteiger partial charge in [-0.1, -0.05) is 80.6 Å². The Labute approximate surface area is 213 Å². The van der Waals surface area contributed by atoms with Crippen molar-refractivity contribution in [3.63, 3.8) is 0 Å². The van der Waals surface area contributed by atoms with Gasteiger partial charge in [0.1, 0.15) is 12.6 Å². The number of hydrogen-bond acceptors (Lipinski definition) is 4. The molecule has 0 heterocycles. The first-order valence-electron chi connectivity index (χ1n) is 12.1. The van der Waals surface area contributed by atoms with Gasteiger partial charge in [0.05, 0.1) is 10.6 Å². The summed E-state index contributed by atoms with van der Waals surface area (Å²) in [7, 11) is -4.04. The zero-order valence-corrected chi connectivity index (χ0v) is 21.5. The molecule has 8 heteroatoms. The molecule has 7 nitrogen and oxygen atoms in total. The summed E-state index contributed by atoms with van der Waals surface area (Å²) in [5, 5.41) is 2.88. The van der Waals surface area contributed by atoms with E-state index in [9.17, 15) is 18.0 Å². The van der Waals surface area contributed by atoms with E-state index in [-0.39, 0.29) is 17.3 Å². The predicted octanol–water partition coefficient (Wildman–Crippen LogP) is 4.22. The molecule has 36 heavy (non-hydrogen) atoms. The van der Waals surface area contributed by atoms with Crippen LogP contribution in [0.5, 0.6) is 0 Å². The van der Waals surface area contributed by atoms with Crippen molar-refractivity contribution in [3.8, 4) is 0 Å². The summed E-state index contributed by atoms with van der Waals surface area (Å²) in [6, 6.07) is 25.2. The Bertz CT molecular complexity index is 1220. The van der Waals surface area contributed by atoms with Gasteiger partial charge in [-0.15, -0.1) is 0 Å². The molecule has 0 fully saturated rings. The highest BCUT2D eigenvalue weighted by atomic mass is 32.2. The maximum absolute atomic E-state index is 13.8. The molecule has 0 aliphatic rings. The van der Waals surface area contributed by atoms with Gasteiger partial charge in [-0.25, -0.2) is 8.42 Å². The van der Waals surface area contributed by atoms with Crippen LogP contribution in [0, 0.1) is 0 Å². The van der Waals surface area contributed by atoms with Crippen LogP contribution >= 0.6 is 0 Å². The Kier molecular flexibility index (Phi) is 9.64. The minimum absolute atomic E-state index is 0.0870. The topological polar surface area (TPSA) is 86.8 Å². The molecule has 3 rings (SSSR count). The summed E-state index contributed by atoms with van der Waals surface area (Å²) in [5.74, 6) is -0.707. The van der Waals surface area contributed by atoms with E-state index < -0.39 is 28.5 Å². The fourth-order valence-corrected chi connectivity index (χ4v) is 5.34. The molecule has 2 amide bonds. The van der Waals surface area contributed by atoms with Crippen LogP contribution in [-0.2, 0) is 26.2 Å². The minimum Gasteiger partial charge on any atom is -0.354 e. The number of nitrogens with one attached hydrogen (secondary N) is 1. The fraction of sp³-hybridized carbons (Fsp3) is 0.286. The van der Waals surface area contributed by atoms with E-state index >= 15 is 0 Å². The Morgan fingerprint density at radius 3 is 1.94 bits per heavy atom. The number of rotatable bonds is 12. The largest absolute Gasteiger partial charge is 0.354 e. The highest BCUT2D eigenvalue weighted by Crippen LogP contribution is 2.24. The van der Waals surface area contributed by atoms with Crippen molar-refractivity contribution < 1.29 is 18.0 Å². The SMILES string of the molecule is CCCNC(=O)[C@H](CC)N(Cc1ccccc1)C(=O)CN(c1ccccc1)S(=O)(=O)c1ccccc1. The first-order valence-corrected chi connectivity index (χ1v) is 13.6. The van der Waals surface area contributed by atoms with Gasteiger partial charge in [-0.2, -0.15) is 0 Å². The van der Waals surface area contributed by atoms with Crippen molar-refractivity contribution >= 4 is 27.5 Å². The molecule has 0 spiro atoms. The molecule has 0 unspecified atom stereocenters. The standard InChI is InChI=1S/C28H33N3O4S/c1-3-20-29-28(33)26(4-2)30(21-23-14-8-5-9-15-23)27(32)22-31(24-16-10-6-11-17-24)36(34,35)25-18-12-7-13-19-25/h5-19,26H,3-4,20-22H2,1-2H3,(H,29,33)/t26-/m0/s1. The molecular formula is C28H33N3O4S. The summed E-state index contributed by atoms with van der Waals surface area (Å²) >= 11 is 0. The molecule has 3 aromatic rings. The zero-order chi connectivity index (χ0) is 26.0. The minimum atomic E-state index is -4.04. The molecule has 0 radical (unpaired) electrons. The molecule has 190 valence electrons. The van der Waals surface area contributed by atoms with E-state index in [1.807, 2.05) is 44.2 Å². The molecule has 1 N–H and O–H groups in total. The molecule has 0 aliphatic heterocycles. The first kappa shape index (κ1) is 26.9. The van der Waals surface area contributed by atoms with Crippen molar-refractivity contribution in [2.45, 2.75) is 44.2 Å². The van der Waals surface area contributed by atoms with E-state index in [0.717, 1.165) is 16.3 Å². The number of benzene rings is 3. The van der Waals surface area contributed by atoms with Crippen LogP contribution in [0.2, 0.25) is 0 Å². The Hall–Kier alpha value is -3.65. The number of hydrogen-bond donors (Lipinski definition) is 1. The molecular weight excluding hydrogens is 474 g/mol. The van der Waals surface area contributed by atoms with E-state index in [2.05, 4.69) is 5.32 Å². The first-order chi connectivity index (χ1) is 17.4. The van der Waals surface area contributed by atoms with Gasteiger partial charge in [0.15, 0.2) is 0 Å². The molecule has 0 aromatic heterocycles. The van der Waals surface area contributed by atoms with Crippen LogP contribution in [0.1, 0.15) is 32.3 Å². The number of carbonyl (C=O) groups is 2. The summed E-state index contributed by atoms with van der Waals surface area (Å²) in [6.45, 7) is 4.05. The second-order valence-electron chi connectivity index (χ2n) is 8.38. The van der Waals surface area contributed by atoms with E-state index in [0.29, 0.717) is 18.7 Å². The highest BCUT2D eigenvalue weighted by molar-refractivity contribution is 7.92. The summed E-state index contributed by atoms with van der Waals surface area (Å²) in [5.41, 5.74) is 1.22. The second kappa shape index (κ2) is 12.9. The smallest absolute Gasteiger partial charge is 0.264 e. The lowest BCUT2D eigenvalue weighted by Gasteiger charge is -2.33. The lowest BCUT2D eigenvalue weighted by molar-refractivity contribution is -0.140. The van der Waals surface area contributed by atoms with Crippen molar-refractivity contribution in [2.24, 2.45) is 0 Å². The van der Waals surface area contributed by atoms with Crippen LogP contribution in [0.3, 0.4) is 0 Å². The lowest BCUT2D eigenvalue weighted by atomic mass is 10.1. The van der Waals surface area contributed by atoms with E-state index in [4.69, 9.17) is 0 Å². The van der Waals surface area contributed by atoms with Gasteiger partial charge in [-0.3, -0.25) is 13.9 Å². The second-order valence-corrected chi connectivity index (χ2v) is 10.2. The number of sulfonamides is 1. The number of carbonyl (C=O) groups excluding carboxylic acids is 2. The van der Waals surface area contributed by atoms with Crippen LogP contribution in [0.4, 0.5) is 5.69 Å². The van der Waals surface area contributed by atoms with Crippen molar-refractivity contribution in [2.75, 3.05) is 17.4 Å². The third-order valence-electron chi connectivity index (χ3n) is 5.79. The van der Waals surface area contributed by atoms with Gasteiger partial charge in [0.25, 0.3) is 10.0 Å². The van der Waals surface area contributed by atoms with Gasteiger partial charge in [0, 0.05) is 13.1 Å². The van der Waals surface area contributed by atoms with Crippen molar-refractivity contribution in [1.29, 1.82) is 0 Å². The Balaban J connectivity index is 2.00. The number of amides is 2. The predicted molar refractivity (Wildman–Crippen MR) is 142 cm³/mol. The zero-order valence-electron chi connectivity index (χ0n) is 20.7. The van der Waals surface area contributed by atoms with Gasteiger partial charge < -0.3 is 10.2 Å². The summed E-state index contributed by atoms with van der Waals surface area (Å²) in [4.78, 5) is 28.4. The third kappa shape index (κ3) is 6.73. The van der Waals surface area contributed by atoms with Crippen LogP contribution in [-0.4, -0.2) is 44.3 Å². The molecule has 0 aliphatic carbocycles. The molecule has 0 saturated carbocycles. The van der Waals surface area contributed by atoms with Crippen molar-refractivity contribution in [1.82, 2.24) is 10.2 Å². The highest BCUT2D eigenvalue weighted by Gasteiger charge is 2.33. The number of nitrogens with zero attached hydrogens (tertiary/aromatic N) is 2. The maximum Gasteiger partial charge on any atom is 0.264 e. The van der Waals surface area contributed by atoms with Gasteiger partial charge in [0.2, 0.25) is 11.8 Å². The fourth-order valence-electron chi connectivity index (χ4n) is 3.91. The van der Waals surface area contributed by atoms with E-state index in [1.54, 1.807) is 48.5 Å². The monoisotopic (exact) mass is 507 g/mol. The summed E-state index contributed by atoms with van der Waals surface area (Å²) < 4.78 is 28.4. The third-order valence-corrected chi connectivity index (χ3v) is 7.57. The average Bonchev–Trinajstić information content (AvgIpc) is 2.91. The van der Waals surface area contributed by atoms with E-state index in [1.165, 1.54) is 17.0 Å². The molecule has 3 aromatic carbocycles.